The average molecular weight is 289 g/mol. The highest BCUT2D eigenvalue weighted by molar-refractivity contribution is 5.96. The molecule has 1 atom stereocenters. The van der Waals surface area contributed by atoms with Crippen LogP contribution in [0.2, 0.25) is 0 Å². The fraction of sp³-hybridized carbons (Fsp3) is 0.412. The van der Waals surface area contributed by atoms with Gasteiger partial charge in [-0.3, -0.25) is 4.79 Å². The molecule has 0 bridgehead atoms. The second-order valence-electron chi connectivity index (χ2n) is 6.09. The Labute approximate surface area is 126 Å². The Morgan fingerprint density at radius 2 is 1.81 bits per heavy atom. The average Bonchev–Trinajstić information content (AvgIpc) is 2.36. The van der Waals surface area contributed by atoms with Crippen molar-refractivity contribution in [2.45, 2.75) is 45.8 Å². The van der Waals surface area contributed by atoms with Crippen LogP contribution in [-0.2, 0) is 9.53 Å². The van der Waals surface area contributed by atoms with Crippen molar-refractivity contribution in [3.63, 3.8) is 0 Å². The summed E-state index contributed by atoms with van der Waals surface area (Å²) in [5, 5.41) is 2.71. The van der Waals surface area contributed by atoms with Gasteiger partial charge in [0.05, 0.1) is 0 Å². The number of carbonyl (C=O) groups excluding carboxylic acids is 2. The van der Waals surface area contributed by atoms with Gasteiger partial charge >= 0.3 is 5.97 Å². The van der Waals surface area contributed by atoms with Crippen LogP contribution in [0.5, 0.6) is 0 Å². The molecule has 1 rings (SSSR count). The molecular weight excluding hydrogens is 266 g/mol. The molecule has 4 nitrogen and oxygen atoms in total. The Morgan fingerprint density at radius 3 is 2.29 bits per heavy atom. The lowest BCUT2D eigenvalue weighted by Crippen LogP contribution is -2.44. The van der Waals surface area contributed by atoms with E-state index in [9.17, 15) is 9.59 Å². The molecular formula is C17H23NO3. The predicted molar refractivity (Wildman–Crippen MR) is 83.0 cm³/mol. The van der Waals surface area contributed by atoms with Crippen molar-refractivity contribution >= 4 is 11.9 Å². The number of nitrogens with one attached hydrogen (secondary N) is 1. The van der Waals surface area contributed by atoms with Crippen molar-refractivity contribution in [2.75, 3.05) is 0 Å². The van der Waals surface area contributed by atoms with Crippen molar-refractivity contribution in [3.05, 3.63) is 48.0 Å². The van der Waals surface area contributed by atoms with Gasteiger partial charge in [-0.2, -0.15) is 0 Å². The first kappa shape index (κ1) is 17.0. The minimum atomic E-state index is -0.727. The molecule has 21 heavy (non-hydrogen) atoms. The third-order valence-electron chi connectivity index (χ3n) is 2.59. The highest BCUT2D eigenvalue weighted by Crippen LogP contribution is 2.12. The van der Waals surface area contributed by atoms with Crippen molar-refractivity contribution in [2.24, 2.45) is 0 Å². The van der Waals surface area contributed by atoms with E-state index in [1.165, 1.54) is 0 Å². The molecule has 4 heteroatoms. The quantitative estimate of drug-likeness (QED) is 0.669. The van der Waals surface area contributed by atoms with Gasteiger partial charge in [0.15, 0.2) is 0 Å². The van der Waals surface area contributed by atoms with Crippen LogP contribution in [-0.4, -0.2) is 23.5 Å². The number of benzene rings is 1. The molecule has 0 aromatic heterocycles. The standard InChI is InChI=1S/C17H23NO3/c1-12(2)11-14(16(20)21-17(3,4)5)18-15(19)13-9-7-6-8-10-13/h6-10,14H,1,11H2,2-5H3,(H,18,19). The van der Waals surface area contributed by atoms with E-state index in [4.69, 9.17) is 4.74 Å². The predicted octanol–water partition coefficient (Wildman–Crippen LogP) is 3.09. The number of amides is 1. The molecule has 1 amide bonds. The van der Waals surface area contributed by atoms with Gasteiger partial charge in [-0.25, -0.2) is 4.79 Å². The van der Waals surface area contributed by atoms with Crippen molar-refractivity contribution in [1.29, 1.82) is 0 Å². The molecule has 0 saturated heterocycles. The maximum Gasteiger partial charge on any atom is 0.329 e. The van der Waals surface area contributed by atoms with E-state index in [0.717, 1.165) is 5.57 Å². The zero-order chi connectivity index (χ0) is 16.0. The van der Waals surface area contributed by atoms with E-state index in [1.54, 1.807) is 45.0 Å². The SMILES string of the molecule is C=C(C)CC(NC(=O)c1ccccc1)C(=O)OC(C)(C)C. The van der Waals surface area contributed by atoms with E-state index in [2.05, 4.69) is 11.9 Å². The van der Waals surface area contributed by atoms with Crippen molar-refractivity contribution < 1.29 is 14.3 Å². The fourth-order valence-electron chi connectivity index (χ4n) is 1.75. The third-order valence-corrected chi connectivity index (χ3v) is 2.59. The molecule has 0 saturated carbocycles. The van der Waals surface area contributed by atoms with Gasteiger partial charge in [0.1, 0.15) is 11.6 Å². The highest BCUT2D eigenvalue weighted by Gasteiger charge is 2.26. The molecule has 1 aromatic rings. The van der Waals surface area contributed by atoms with E-state index in [0.29, 0.717) is 12.0 Å². The molecule has 0 aliphatic carbocycles. The van der Waals surface area contributed by atoms with Gasteiger partial charge in [0.25, 0.3) is 5.91 Å². The number of hydrogen-bond donors (Lipinski definition) is 1. The fourth-order valence-corrected chi connectivity index (χ4v) is 1.75. The van der Waals surface area contributed by atoms with Gasteiger partial charge in [0.2, 0.25) is 0 Å². The lowest BCUT2D eigenvalue weighted by molar-refractivity contribution is -0.157. The number of rotatable bonds is 5. The lowest BCUT2D eigenvalue weighted by atomic mass is 10.1. The van der Waals surface area contributed by atoms with E-state index < -0.39 is 17.6 Å². The summed E-state index contributed by atoms with van der Waals surface area (Å²) in [7, 11) is 0. The number of carbonyl (C=O) groups is 2. The lowest BCUT2D eigenvalue weighted by Gasteiger charge is -2.24. The van der Waals surface area contributed by atoms with E-state index >= 15 is 0 Å². The Hall–Kier alpha value is -2.10. The summed E-state index contributed by atoms with van der Waals surface area (Å²) in [5.41, 5.74) is 0.717. The topological polar surface area (TPSA) is 55.4 Å². The number of ether oxygens (including phenoxy) is 1. The molecule has 0 radical (unpaired) electrons. The molecule has 0 fully saturated rings. The summed E-state index contributed by atoms with van der Waals surface area (Å²) < 4.78 is 5.34. The molecule has 1 unspecified atom stereocenters. The van der Waals surface area contributed by atoms with Gasteiger partial charge in [-0.1, -0.05) is 23.8 Å². The summed E-state index contributed by atoms with van der Waals surface area (Å²) in [6.07, 6.45) is 0.355. The maximum absolute atomic E-state index is 12.2. The molecule has 114 valence electrons. The monoisotopic (exact) mass is 289 g/mol. The summed E-state index contributed by atoms with van der Waals surface area (Å²) >= 11 is 0. The van der Waals surface area contributed by atoms with Crippen LogP contribution in [0, 0.1) is 0 Å². The minimum absolute atomic E-state index is 0.298. The third kappa shape index (κ3) is 6.25. The highest BCUT2D eigenvalue weighted by atomic mass is 16.6. The summed E-state index contributed by atoms with van der Waals surface area (Å²) in [6, 6.07) is 8.04. The first-order chi connectivity index (χ1) is 9.69. The zero-order valence-corrected chi connectivity index (χ0v) is 13.1. The number of esters is 1. The van der Waals surface area contributed by atoms with Gasteiger partial charge in [-0.05, 0) is 46.2 Å². The molecule has 1 aromatic carbocycles. The van der Waals surface area contributed by atoms with Crippen LogP contribution in [0.3, 0.4) is 0 Å². The summed E-state index contributed by atoms with van der Waals surface area (Å²) in [6.45, 7) is 11.0. The first-order valence-corrected chi connectivity index (χ1v) is 6.92. The second-order valence-corrected chi connectivity index (χ2v) is 6.09. The summed E-state index contributed by atoms with van der Waals surface area (Å²) in [5.74, 6) is -0.748. The first-order valence-electron chi connectivity index (χ1n) is 6.92. The van der Waals surface area contributed by atoms with E-state index in [1.807, 2.05) is 13.0 Å². The van der Waals surface area contributed by atoms with Crippen LogP contribution in [0.1, 0.15) is 44.5 Å². The minimum Gasteiger partial charge on any atom is -0.458 e. The van der Waals surface area contributed by atoms with Crippen molar-refractivity contribution in [1.82, 2.24) is 5.32 Å². The largest absolute Gasteiger partial charge is 0.458 e. The Kier molecular flexibility index (Phi) is 5.70. The van der Waals surface area contributed by atoms with Crippen LogP contribution in [0.4, 0.5) is 0 Å². The maximum atomic E-state index is 12.2. The van der Waals surface area contributed by atoms with Gasteiger partial charge in [0, 0.05) is 5.56 Å². The van der Waals surface area contributed by atoms with Crippen LogP contribution in [0.25, 0.3) is 0 Å². The molecule has 0 aliphatic rings. The van der Waals surface area contributed by atoms with Crippen LogP contribution < -0.4 is 5.32 Å². The normalized spacial score (nSPS) is 12.4. The molecule has 0 aliphatic heterocycles. The van der Waals surface area contributed by atoms with E-state index in [-0.39, 0.29) is 5.91 Å². The second kappa shape index (κ2) is 7.07. The smallest absolute Gasteiger partial charge is 0.329 e. The van der Waals surface area contributed by atoms with Crippen LogP contribution >= 0.6 is 0 Å². The Balaban J connectivity index is 2.81. The molecule has 1 N–H and O–H groups in total. The zero-order valence-electron chi connectivity index (χ0n) is 13.1. The Bertz CT molecular complexity index is 515. The Morgan fingerprint density at radius 1 is 1.24 bits per heavy atom. The van der Waals surface area contributed by atoms with Gasteiger partial charge in [-0.15, -0.1) is 6.58 Å². The van der Waals surface area contributed by atoms with Crippen LogP contribution in [0.15, 0.2) is 42.5 Å². The molecule has 0 heterocycles. The van der Waals surface area contributed by atoms with Crippen molar-refractivity contribution in [3.8, 4) is 0 Å². The summed E-state index contributed by atoms with van der Waals surface area (Å²) in [4.78, 5) is 24.3. The molecule has 0 spiro atoms. The number of hydrogen-bond acceptors (Lipinski definition) is 3. The van der Waals surface area contributed by atoms with Gasteiger partial charge < -0.3 is 10.1 Å².